The summed E-state index contributed by atoms with van der Waals surface area (Å²) in [6.45, 7) is 1.28. The smallest absolute Gasteiger partial charge is 0.228 e. The predicted molar refractivity (Wildman–Crippen MR) is 85.4 cm³/mol. The molecule has 1 rings (SSSR count). The zero-order valence-electron chi connectivity index (χ0n) is 10.3. The lowest BCUT2D eigenvalue weighted by Gasteiger charge is -2.27. The Kier molecular flexibility index (Phi) is 6.13. The maximum Gasteiger partial charge on any atom is 0.228 e. The number of phenols is 1. The molecular weight excluding hydrogens is 345 g/mol. The van der Waals surface area contributed by atoms with Gasteiger partial charge >= 0.3 is 0 Å². The van der Waals surface area contributed by atoms with E-state index in [1.54, 1.807) is 18.2 Å². The molecule has 0 saturated carbocycles. The number of hydrogen-bond donors (Lipinski definition) is 4. The van der Waals surface area contributed by atoms with Crippen molar-refractivity contribution in [2.45, 2.75) is 16.9 Å². The van der Waals surface area contributed by atoms with E-state index in [9.17, 15) is 9.90 Å². The van der Waals surface area contributed by atoms with Gasteiger partial charge in [-0.3, -0.25) is 4.79 Å². The largest absolute Gasteiger partial charge is 0.506 e. The van der Waals surface area contributed by atoms with E-state index in [1.807, 2.05) is 0 Å². The minimum absolute atomic E-state index is 0.0154. The first kappa shape index (κ1) is 17.1. The Labute approximate surface area is 136 Å². The summed E-state index contributed by atoms with van der Waals surface area (Å²) in [4.78, 5) is 11.1. The molecule has 0 fully saturated rings. The molecule has 1 aromatic rings. The number of alkyl halides is 3. The average molecular weight is 357 g/mol. The van der Waals surface area contributed by atoms with Gasteiger partial charge in [-0.25, -0.2) is 0 Å². The summed E-state index contributed by atoms with van der Waals surface area (Å²) in [5, 5.41) is 17.5. The van der Waals surface area contributed by atoms with Crippen LogP contribution >= 0.6 is 47.0 Å². The molecule has 4 N–H and O–H groups in total. The van der Waals surface area contributed by atoms with Gasteiger partial charge in [0.2, 0.25) is 9.70 Å². The molecule has 110 valence electrons. The highest BCUT2D eigenvalue weighted by Crippen LogP contribution is 2.29. The molecule has 0 aliphatic carbocycles. The molecule has 1 amide bonds. The fourth-order valence-corrected chi connectivity index (χ4v) is 1.83. The van der Waals surface area contributed by atoms with E-state index >= 15 is 0 Å². The van der Waals surface area contributed by atoms with E-state index < -0.39 is 9.96 Å². The zero-order valence-corrected chi connectivity index (χ0v) is 13.4. The molecule has 0 heterocycles. The molecule has 5 nitrogen and oxygen atoms in total. The highest BCUT2D eigenvalue weighted by atomic mass is 35.6. The van der Waals surface area contributed by atoms with Gasteiger partial charge in [-0.1, -0.05) is 46.9 Å². The van der Waals surface area contributed by atoms with Gasteiger partial charge in [0.1, 0.15) is 11.9 Å². The summed E-state index contributed by atoms with van der Waals surface area (Å²) < 4.78 is -1.80. The van der Waals surface area contributed by atoms with Gasteiger partial charge in [0, 0.05) is 6.92 Å². The van der Waals surface area contributed by atoms with E-state index in [0.29, 0.717) is 5.69 Å². The Morgan fingerprint density at radius 2 is 1.90 bits per heavy atom. The highest BCUT2D eigenvalue weighted by Gasteiger charge is 2.34. The van der Waals surface area contributed by atoms with Crippen molar-refractivity contribution >= 4 is 63.7 Å². The van der Waals surface area contributed by atoms with Crippen molar-refractivity contribution < 1.29 is 9.90 Å². The average Bonchev–Trinajstić information content (AvgIpc) is 2.29. The Hall–Kier alpha value is -0.950. The first-order chi connectivity index (χ1) is 9.20. The molecule has 0 bridgehead atoms. The van der Waals surface area contributed by atoms with Gasteiger partial charge in [0.25, 0.3) is 0 Å². The molecule has 0 aliphatic rings. The fraction of sp³-hybridized carbons (Fsp3) is 0.273. The number of halogens is 3. The molecule has 0 spiro atoms. The van der Waals surface area contributed by atoms with E-state index in [0.717, 1.165) is 0 Å². The number of carbonyl (C=O) groups is 1. The van der Waals surface area contributed by atoms with Crippen LogP contribution in [0.15, 0.2) is 24.3 Å². The Balaban J connectivity index is 2.72. The minimum Gasteiger partial charge on any atom is -0.506 e. The summed E-state index contributed by atoms with van der Waals surface area (Å²) in [5.74, 6) is -0.374. The highest BCUT2D eigenvalue weighted by molar-refractivity contribution is 7.80. The summed E-state index contributed by atoms with van der Waals surface area (Å²) in [5.41, 5.74) is 0.385. The fourth-order valence-electron chi connectivity index (χ4n) is 1.27. The van der Waals surface area contributed by atoms with Crippen LogP contribution in [0.4, 0.5) is 5.69 Å². The normalized spacial score (nSPS) is 12.4. The maximum absolute atomic E-state index is 11.1. The quantitative estimate of drug-likeness (QED) is 0.290. The van der Waals surface area contributed by atoms with Gasteiger partial charge in [0.15, 0.2) is 5.11 Å². The van der Waals surface area contributed by atoms with E-state index in [4.69, 9.17) is 47.0 Å². The van der Waals surface area contributed by atoms with Crippen LogP contribution in [-0.2, 0) is 4.79 Å². The molecule has 0 aliphatic heterocycles. The molecule has 9 heteroatoms. The first-order valence-electron chi connectivity index (χ1n) is 5.39. The van der Waals surface area contributed by atoms with Gasteiger partial charge < -0.3 is 21.1 Å². The Morgan fingerprint density at radius 3 is 2.40 bits per heavy atom. The Bertz CT molecular complexity index is 508. The van der Waals surface area contributed by atoms with Crippen LogP contribution < -0.4 is 16.0 Å². The second-order valence-electron chi connectivity index (χ2n) is 3.79. The maximum atomic E-state index is 11.1. The molecule has 20 heavy (non-hydrogen) atoms. The van der Waals surface area contributed by atoms with Gasteiger partial charge in [-0.2, -0.15) is 0 Å². The third-order valence-electron chi connectivity index (χ3n) is 2.10. The van der Waals surface area contributed by atoms with E-state index in [-0.39, 0.29) is 16.8 Å². The van der Waals surface area contributed by atoms with Crippen molar-refractivity contribution in [3.63, 3.8) is 0 Å². The van der Waals surface area contributed by atoms with Crippen LogP contribution in [0.5, 0.6) is 5.75 Å². The van der Waals surface area contributed by atoms with Crippen molar-refractivity contribution in [2.75, 3.05) is 5.32 Å². The van der Waals surface area contributed by atoms with Crippen molar-refractivity contribution in [3.8, 4) is 5.75 Å². The molecular formula is C11H12Cl3N3O2S. The lowest BCUT2D eigenvalue weighted by Crippen LogP contribution is -2.55. The lowest BCUT2D eigenvalue weighted by atomic mass is 10.3. The molecule has 0 aromatic heterocycles. The van der Waals surface area contributed by atoms with Gasteiger partial charge in [-0.15, -0.1) is 0 Å². The molecule has 0 unspecified atom stereocenters. The van der Waals surface area contributed by atoms with E-state index in [2.05, 4.69) is 16.0 Å². The summed E-state index contributed by atoms with van der Waals surface area (Å²) in [7, 11) is 0. The zero-order chi connectivity index (χ0) is 15.3. The number of benzene rings is 1. The van der Waals surface area contributed by atoms with Crippen LogP contribution in [0.2, 0.25) is 0 Å². The van der Waals surface area contributed by atoms with E-state index in [1.165, 1.54) is 13.0 Å². The van der Waals surface area contributed by atoms with Crippen LogP contribution in [0.3, 0.4) is 0 Å². The minimum atomic E-state index is -1.80. The second-order valence-corrected chi connectivity index (χ2v) is 6.57. The first-order valence-corrected chi connectivity index (χ1v) is 6.93. The number of aromatic hydroxyl groups is 1. The topological polar surface area (TPSA) is 73.4 Å². The van der Waals surface area contributed by atoms with Crippen LogP contribution in [0, 0.1) is 0 Å². The monoisotopic (exact) mass is 355 g/mol. The summed E-state index contributed by atoms with van der Waals surface area (Å²) >= 11 is 22.2. The second kappa shape index (κ2) is 7.17. The molecule has 1 aromatic carbocycles. The number of para-hydroxylation sites is 2. The predicted octanol–water partition coefficient (Wildman–Crippen LogP) is 2.51. The Morgan fingerprint density at radius 1 is 1.30 bits per heavy atom. The van der Waals surface area contributed by atoms with Crippen molar-refractivity contribution in [1.82, 2.24) is 10.6 Å². The number of phenolic OH excluding ortho intramolecular Hbond substituents is 1. The van der Waals surface area contributed by atoms with Crippen molar-refractivity contribution in [2.24, 2.45) is 0 Å². The van der Waals surface area contributed by atoms with Crippen molar-refractivity contribution in [3.05, 3.63) is 24.3 Å². The molecule has 0 saturated heterocycles. The third-order valence-corrected chi connectivity index (χ3v) is 2.98. The SMILES string of the molecule is CC(=O)N[C@@H](NC(=S)Nc1ccccc1O)C(Cl)(Cl)Cl. The molecule has 0 radical (unpaired) electrons. The van der Waals surface area contributed by atoms with Crippen LogP contribution in [0.25, 0.3) is 0 Å². The van der Waals surface area contributed by atoms with Crippen LogP contribution in [-0.4, -0.2) is 26.1 Å². The van der Waals surface area contributed by atoms with Gasteiger partial charge in [-0.05, 0) is 24.4 Å². The summed E-state index contributed by atoms with van der Waals surface area (Å²) in [6.07, 6.45) is -1.02. The standard InChI is InChI=1S/C11H12Cl3N3O2S/c1-6(18)15-9(11(12,13)14)17-10(20)16-7-4-2-3-5-8(7)19/h2-5,9,19H,1H3,(H,15,18)(H2,16,17,20)/t9-/m0/s1. The van der Waals surface area contributed by atoms with Gasteiger partial charge in [0.05, 0.1) is 5.69 Å². The number of nitrogens with one attached hydrogen (secondary N) is 3. The van der Waals surface area contributed by atoms with Crippen molar-refractivity contribution in [1.29, 1.82) is 0 Å². The summed E-state index contributed by atoms with van der Waals surface area (Å²) in [6, 6.07) is 6.49. The number of hydrogen-bond acceptors (Lipinski definition) is 3. The third kappa shape index (κ3) is 5.58. The number of thiocarbonyl (C=S) groups is 1. The van der Waals surface area contributed by atoms with Crippen LogP contribution in [0.1, 0.15) is 6.92 Å². The number of anilines is 1. The molecule has 1 atom stereocenters. The number of amides is 1. The number of carbonyl (C=O) groups excluding carboxylic acids is 1. The number of rotatable bonds is 3. The lowest BCUT2D eigenvalue weighted by molar-refractivity contribution is -0.119.